The van der Waals surface area contributed by atoms with Gasteiger partial charge in [-0.2, -0.15) is 0 Å². The molecule has 0 aromatic carbocycles. The summed E-state index contributed by atoms with van der Waals surface area (Å²) in [6.45, 7) is 2.73. The lowest BCUT2D eigenvalue weighted by Gasteiger charge is -2.19. The Balaban J connectivity index is 1.95. The molecule has 0 bridgehead atoms. The van der Waals surface area contributed by atoms with Crippen LogP contribution in [0.25, 0.3) is 0 Å². The van der Waals surface area contributed by atoms with E-state index >= 15 is 0 Å². The number of nitrogens with one attached hydrogen (secondary N) is 1. The lowest BCUT2D eigenvalue weighted by molar-refractivity contribution is -0.122. The number of amides is 1. The molecule has 1 saturated heterocycles. The molecule has 1 unspecified atom stereocenters. The molecule has 1 heterocycles. The first-order valence-electron chi connectivity index (χ1n) is 10.4. The number of rotatable bonds is 15. The summed E-state index contributed by atoms with van der Waals surface area (Å²) < 4.78 is 10.7. The smallest absolute Gasteiger partial charge is 0.220 e. The second kappa shape index (κ2) is 14.6. The van der Waals surface area contributed by atoms with E-state index in [1.54, 1.807) is 7.11 Å². The minimum atomic E-state index is -0.299. The Morgan fingerprint density at radius 2 is 1.60 bits per heavy atom. The zero-order chi connectivity index (χ0) is 18.3. The molecule has 0 spiro atoms. The third-order valence-corrected chi connectivity index (χ3v) is 4.97. The van der Waals surface area contributed by atoms with Gasteiger partial charge in [0.2, 0.25) is 5.91 Å². The first kappa shape index (κ1) is 22.5. The molecular weight excluding hydrogens is 313 g/mol. The third-order valence-electron chi connectivity index (χ3n) is 4.97. The topological polar surface area (TPSA) is 47.6 Å². The Morgan fingerprint density at radius 3 is 2.16 bits per heavy atom. The van der Waals surface area contributed by atoms with Crippen LogP contribution in [0.4, 0.5) is 0 Å². The van der Waals surface area contributed by atoms with E-state index in [9.17, 15) is 4.79 Å². The van der Waals surface area contributed by atoms with Crippen molar-refractivity contribution in [3.63, 3.8) is 0 Å². The Hall–Kier alpha value is -0.545. The molecule has 1 aliphatic heterocycles. The summed E-state index contributed by atoms with van der Waals surface area (Å²) in [5.74, 6) is 0.111. The second-order valence-electron chi connectivity index (χ2n) is 7.36. The van der Waals surface area contributed by atoms with Crippen LogP contribution in [0.15, 0.2) is 0 Å². The summed E-state index contributed by atoms with van der Waals surface area (Å²) in [7, 11) is 7.44. The van der Waals surface area contributed by atoms with E-state index < -0.39 is 0 Å². The largest absolute Gasteiger partial charge is 0.382 e. The maximum absolute atomic E-state index is 12.1. The molecule has 25 heavy (non-hydrogen) atoms. The van der Waals surface area contributed by atoms with Crippen molar-refractivity contribution in [3.8, 4) is 0 Å². The number of hydrogen-bond acceptors (Lipinski definition) is 3. The monoisotopic (exact) mass is 351 g/mol. The molecule has 0 aromatic heterocycles. The Bertz CT molecular complexity index is 341. The van der Waals surface area contributed by atoms with E-state index in [2.05, 4.69) is 12.2 Å². The van der Waals surface area contributed by atoms with Crippen LogP contribution < -0.4 is 5.32 Å². The van der Waals surface area contributed by atoms with Gasteiger partial charge in [-0.25, -0.2) is 0 Å². The molecule has 1 N–H and O–H groups in total. The van der Waals surface area contributed by atoms with Gasteiger partial charge >= 0.3 is 0 Å². The summed E-state index contributed by atoms with van der Waals surface area (Å²) in [5, 5.41) is 3.06. The summed E-state index contributed by atoms with van der Waals surface area (Å²) in [6.07, 6.45) is 15.4. The number of methoxy groups -OCH3 is 1. The summed E-state index contributed by atoms with van der Waals surface area (Å²) in [5.41, 5.74) is 0. The van der Waals surface area contributed by atoms with Crippen LogP contribution in [-0.2, 0) is 14.3 Å². The molecule has 0 aromatic rings. The van der Waals surface area contributed by atoms with Crippen LogP contribution in [0.5, 0.6) is 0 Å². The van der Waals surface area contributed by atoms with Gasteiger partial charge in [-0.05, 0) is 12.8 Å². The normalized spacial score (nSPS) is 23.0. The lowest BCUT2D eigenvalue weighted by Crippen LogP contribution is -2.42. The van der Waals surface area contributed by atoms with Gasteiger partial charge < -0.3 is 14.8 Å². The fourth-order valence-electron chi connectivity index (χ4n) is 3.48. The van der Waals surface area contributed by atoms with E-state index in [1.165, 1.54) is 57.8 Å². The van der Waals surface area contributed by atoms with Crippen LogP contribution >= 0.6 is 0 Å². The highest BCUT2D eigenvalue weighted by Gasteiger charge is 2.33. The number of carbonyl (C=O) groups is 1. The van der Waals surface area contributed by atoms with Gasteiger partial charge in [0.05, 0.1) is 12.6 Å². The van der Waals surface area contributed by atoms with Gasteiger partial charge in [-0.15, -0.1) is 0 Å². The van der Waals surface area contributed by atoms with E-state index in [0.29, 0.717) is 19.4 Å². The molecule has 3 atom stereocenters. The molecule has 1 fully saturated rings. The average molecular weight is 351 g/mol. The van der Waals surface area contributed by atoms with Crippen LogP contribution in [0.3, 0.4) is 0 Å². The number of carbonyl (C=O) groups excluding carboxylic acids is 1. The zero-order valence-electron chi connectivity index (χ0n) is 16.4. The maximum Gasteiger partial charge on any atom is 0.220 e. The molecule has 5 heteroatoms. The summed E-state index contributed by atoms with van der Waals surface area (Å²) in [4.78, 5) is 12.1. The third kappa shape index (κ3) is 10.9. The molecule has 1 amide bonds. The summed E-state index contributed by atoms with van der Waals surface area (Å²) in [6, 6.07) is -0.317. The Morgan fingerprint density at radius 1 is 1.04 bits per heavy atom. The summed E-state index contributed by atoms with van der Waals surface area (Å²) >= 11 is 0. The van der Waals surface area contributed by atoms with Crippen LogP contribution in [0.1, 0.15) is 90.4 Å². The van der Waals surface area contributed by atoms with Gasteiger partial charge in [-0.1, -0.05) is 71.1 Å². The minimum absolute atomic E-state index is 0.0184. The SMILES string of the molecule is [B][C@H]1CC(NC(=O)CCCCCCCCCCCCC)[C@@H](COC)O1. The lowest BCUT2D eigenvalue weighted by atomic mass is 9.95. The zero-order valence-corrected chi connectivity index (χ0v) is 16.4. The minimum Gasteiger partial charge on any atom is -0.382 e. The van der Waals surface area contributed by atoms with E-state index in [1.807, 2.05) is 0 Å². The highest BCUT2D eigenvalue weighted by Crippen LogP contribution is 2.19. The average Bonchev–Trinajstić information content (AvgIpc) is 2.92. The van der Waals surface area contributed by atoms with Gasteiger partial charge in [0, 0.05) is 19.5 Å². The molecule has 1 aliphatic rings. The van der Waals surface area contributed by atoms with Crippen LogP contribution in [0.2, 0.25) is 0 Å². The standard InChI is InChI=1S/C20H38BNO3/c1-3-4-5-6-7-8-9-10-11-12-13-14-20(23)22-17-15-19(21)25-18(17)16-24-2/h17-19H,3-16H2,1-2H3,(H,22,23)/t17?,18-,19-/m1/s1. The van der Waals surface area contributed by atoms with Gasteiger partial charge in [0.1, 0.15) is 14.0 Å². The first-order chi connectivity index (χ1) is 12.2. The number of unbranched alkanes of at least 4 members (excludes halogenated alkanes) is 10. The fourth-order valence-corrected chi connectivity index (χ4v) is 3.48. The Kier molecular flexibility index (Phi) is 13.1. The highest BCUT2D eigenvalue weighted by molar-refractivity contribution is 6.11. The van der Waals surface area contributed by atoms with Gasteiger partial charge in [-0.3, -0.25) is 4.79 Å². The van der Waals surface area contributed by atoms with Crippen LogP contribution in [-0.4, -0.2) is 45.6 Å². The maximum atomic E-state index is 12.1. The van der Waals surface area contributed by atoms with Crippen molar-refractivity contribution >= 4 is 13.8 Å². The van der Waals surface area contributed by atoms with Crippen molar-refractivity contribution in [1.82, 2.24) is 5.32 Å². The van der Waals surface area contributed by atoms with Crippen molar-refractivity contribution in [3.05, 3.63) is 0 Å². The molecular formula is C20H38BNO3. The van der Waals surface area contributed by atoms with Crippen molar-refractivity contribution < 1.29 is 14.3 Å². The fraction of sp³-hybridized carbons (Fsp3) is 0.950. The van der Waals surface area contributed by atoms with Crippen molar-refractivity contribution in [2.75, 3.05) is 13.7 Å². The molecule has 1 rings (SSSR count). The molecule has 144 valence electrons. The Labute approximate surface area is 156 Å². The van der Waals surface area contributed by atoms with Crippen molar-refractivity contribution in [1.29, 1.82) is 0 Å². The molecule has 0 aliphatic carbocycles. The number of ether oxygens (including phenoxy) is 2. The number of hydrogen-bond donors (Lipinski definition) is 1. The molecule has 0 saturated carbocycles. The predicted molar refractivity (Wildman–Crippen MR) is 104 cm³/mol. The molecule has 4 nitrogen and oxygen atoms in total. The van der Waals surface area contributed by atoms with E-state index in [0.717, 1.165) is 12.8 Å². The van der Waals surface area contributed by atoms with E-state index in [-0.39, 0.29) is 24.1 Å². The quantitative estimate of drug-likeness (QED) is 0.357. The molecule has 2 radical (unpaired) electrons. The highest BCUT2D eigenvalue weighted by atomic mass is 16.5. The van der Waals surface area contributed by atoms with Crippen LogP contribution in [0, 0.1) is 0 Å². The second-order valence-corrected chi connectivity index (χ2v) is 7.36. The van der Waals surface area contributed by atoms with Crippen molar-refractivity contribution in [2.45, 2.75) is 109 Å². The predicted octanol–water partition coefficient (Wildman–Crippen LogP) is 4.10. The van der Waals surface area contributed by atoms with Gasteiger partial charge in [0.25, 0.3) is 0 Å². The van der Waals surface area contributed by atoms with E-state index in [4.69, 9.17) is 17.3 Å². The van der Waals surface area contributed by atoms with Gasteiger partial charge in [0.15, 0.2) is 0 Å². The first-order valence-corrected chi connectivity index (χ1v) is 10.4. The van der Waals surface area contributed by atoms with Crippen molar-refractivity contribution in [2.24, 2.45) is 0 Å².